The maximum absolute atomic E-state index is 10.3. The number of hydrogen-bond donors (Lipinski definition) is 2. The zero-order chi connectivity index (χ0) is 10.8. The summed E-state index contributed by atoms with van der Waals surface area (Å²) in [6.45, 7) is 5.16. The maximum atomic E-state index is 10.3. The van der Waals surface area contributed by atoms with Crippen molar-refractivity contribution >= 4 is 0 Å². The van der Waals surface area contributed by atoms with Crippen LogP contribution in [0.25, 0.3) is 0 Å². The molecule has 0 bridgehead atoms. The molecule has 0 spiro atoms. The van der Waals surface area contributed by atoms with Crippen molar-refractivity contribution in [2.45, 2.75) is 38.8 Å². The summed E-state index contributed by atoms with van der Waals surface area (Å²) in [6, 6.07) is 6.52. The second-order valence-electron chi connectivity index (χ2n) is 4.51. The number of aliphatic hydroxyl groups excluding tert-OH is 1. The quantitative estimate of drug-likeness (QED) is 0.775. The van der Waals surface area contributed by atoms with Gasteiger partial charge in [-0.15, -0.1) is 0 Å². The molecule has 2 heteroatoms. The molecule has 2 rings (SSSR count). The van der Waals surface area contributed by atoms with Gasteiger partial charge in [-0.25, -0.2) is 0 Å². The minimum atomic E-state index is -0.354. The third-order valence-corrected chi connectivity index (χ3v) is 3.23. The number of aliphatic hydroxyl groups is 1. The molecule has 0 saturated carbocycles. The highest BCUT2D eigenvalue weighted by Crippen LogP contribution is 2.26. The van der Waals surface area contributed by atoms with Crippen molar-refractivity contribution in [3.63, 3.8) is 0 Å². The van der Waals surface area contributed by atoms with Crippen molar-refractivity contribution in [1.82, 2.24) is 5.32 Å². The Morgan fingerprint density at radius 2 is 2.20 bits per heavy atom. The Morgan fingerprint density at radius 3 is 2.87 bits per heavy atom. The molecule has 1 heterocycles. The predicted octanol–water partition coefficient (Wildman–Crippen LogP) is 2.09. The second kappa shape index (κ2) is 4.33. The molecule has 15 heavy (non-hydrogen) atoms. The standard InChI is InChI=1S/C13H19NO/c1-9-5-6-10(2)11(8-9)13(15)12-4-3-7-14-12/h5-6,8,12-15H,3-4,7H2,1-2H3. The van der Waals surface area contributed by atoms with Crippen LogP contribution in [0.4, 0.5) is 0 Å². The van der Waals surface area contributed by atoms with Crippen LogP contribution in [0, 0.1) is 13.8 Å². The van der Waals surface area contributed by atoms with Gasteiger partial charge in [-0.2, -0.15) is 0 Å². The minimum Gasteiger partial charge on any atom is -0.387 e. The number of benzene rings is 1. The normalized spacial score (nSPS) is 23.0. The Kier molecular flexibility index (Phi) is 3.08. The van der Waals surface area contributed by atoms with Gasteiger partial charge in [-0.05, 0) is 44.4 Å². The highest BCUT2D eigenvalue weighted by molar-refractivity contribution is 5.33. The first-order valence-corrected chi connectivity index (χ1v) is 5.67. The van der Waals surface area contributed by atoms with Crippen molar-refractivity contribution in [2.24, 2.45) is 0 Å². The fraction of sp³-hybridized carbons (Fsp3) is 0.538. The van der Waals surface area contributed by atoms with Crippen LogP contribution in [0.1, 0.15) is 35.6 Å². The molecule has 0 aromatic heterocycles. The topological polar surface area (TPSA) is 32.3 Å². The Labute approximate surface area is 91.3 Å². The lowest BCUT2D eigenvalue weighted by Gasteiger charge is -2.20. The van der Waals surface area contributed by atoms with Crippen molar-refractivity contribution in [3.05, 3.63) is 34.9 Å². The lowest BCUT2D eigenvalue weighted by molar-refractivity contribution is 0.137. The molecule has 1 aromatic carbocycles. The molecule has 1 fully saturated rings. The molecule has 0 radical (unpaired) electrons. The summed E-state index contributed by atoms with van der Waals surface area (Å²) in [6.07, 6.45) is 1.90. The molecular weight excluding hydrogens is 186 g/mol. The van der Waals surface area contributed by atoms with E-state index in [1.165, 1.54) is 17.5 Å². The van der Waals surface area contributed by atoms with Crippen molar-refractivity contribution < 1.29 is 5.11 Å². The summed E-state index contributed by atoms with van der Waals surface area (Å²) in [4.78, 5) is 0. The third kappa shape index (κ3) is 2.21. The van der Waals surface area contributed by atoms with Gasteiger partial charge in [0.2, 0.25) is 0 Å². The first-order valence-electron chi connectivity index (χ1n) is 5.67. The molecule has 82 valence electrons. The van der Waals surface area contributed by atoms with E-state index in [4.69, 9.17) is 0 Å². The summed E-state index contributed by atoms with van der Waals surface area (Å²) in [5, 5.41) is 13.6. The van der Waals surface area contributed by atoms with E-state index in [0.717, 1.165) is 18.5 Å². The third-order valence-electron chi connectivity index (χ3n) is 3.23. The maximum Gasteiger partial charge on any atom is 0.0945 e. The van der Waals surface area contributed by atoms with Crippen LogP contribution in [0.5, 0.6) is 0 Å². The molecule has 2 atom stereocenters. The van der Waals surface area contributed by atoms with Crippen LogP contribution < -0.4 is 5.32 Å². The average Bonchev–Trinajstić information content (AvgIpc) is 2.74. The monoisotopic (exact) mass is 205 g/mol. The van der Waals surface area contributed by atoms with Gasteiger partial charge in [0.05, 0.1) is 6.10 Å². The number of rotatable bonds is 2. The van der Waals surface area contributed by atoms with Crippen molar-refractivity contribution in [2.75, 3.05) is 6.54 Å². The van der Waals surface area contributed by atoms with Crippen LogP contribution in [0.2, 0.25) is 0 Å². The summed E-state index contributed by atoms with van der Waals surface area (Å²) < 4.78 is 0. The van der Waals surface area contributed by atoms with Crippen LogP contribution in [0.15, 0.2) is 18.2 Å². The fourth-order valence-corrected chi connectivity index (χ4v) is 2.28. The van der Waals surface area contributed by atoms with E-state index < -0.39 is 0 Å². The SMILES string of the molecule is Cc1ccc(C)c(C(O)C2CCCN2)c1. The van der Waals surface area contributed by atoms with Crippen LogP contribution in [-0.2, 0) is 0 Å². The number of hydrogen-bond acceptors (Lipinski definition) is 2. The van der Waals surface area contributed by atoms with Gasteiger partial charge in [-0.3, -0.25) is 0 Å². The Bertz CT molecular complexity index is 342. The smallest absolute Gasteiger partial charge is 0.0945 e. The molecule has 1 aliphatic rings. The number of aryl methyl sites for hydroxylation is 2. The first-order chi connectivity index (χ1) is 7.18. The molecule has 0 amide bonds. The summed E-state index contributed by atoms with van der Waals surface area (Å²) in [7, 11) is 0. The van der Waals surface area contributed by atoms with Gasteiger partial charge in [0.1, 0.15) is 0 Å². The zero-order valence-corrected chi connectivity index (χ0v) is 9.46. The van der Waals surface area contributed by atoms with Gasteiger partial charge in [0.15, 0.2) is 0 Å². The lowest BCUT2D eigenvalue weighted by Crippen LogP contribution is -2.29. The lowest BCUT2D eigenvalue weighted by atomic mass is 9.95. The first kappa shape index (κ1) is 10.7. The Hall–Kier alpha value is -0.860. The fourth-order valence-electron chi connectivity index (χ4n) is 2.28. The molecule has 2 nitrogen and oxygen atoms in total. The van der Waals surface area contributed by atoms with Crippen molar-refractivity contribution in [1.29, 1.82) is 0 Å². The number of nitrogens with one attached hydrogen (secondary N) is 1. The second-order valence-corrected chi connectivity index (χ2v) is 4.51. The molecule has 0 aliphatic carbocycles. The molecule has 1 aliphatic heterocycles. The largest absolute Gasteiger partial charge is 0.387 e. The van der Waals surface area contributed by atoms with Gasteiger partial charge >= 0.3 is 0 Å². The Balaban J connectivity index is 2.23. The van der Waals surface area contributed by atoms with Gasteiger partial charge in [0.25, 0.3) is 0 Å². The van der Waals surface area contributed by atoms with Gasteiger partial charge < -0.3 is 10.4 Å². The van der Waals surface area contributed by atoms with Crippen LogP contribution >= 0.6 is 0 Å². The summed E-state index contributed by atoms with van der Waals surface area (Å²) >= 11 is 0. The van der Waals surface area contributed by atoms with E-state index in [2.05, 4.69) is 37.4 Å². The van der Waals surface area contributed by atoms with E-state index in [1.54, 1.807) is 0 Å². The minimum absolute atomic E-state index is 0.241. The molecule has 1 aromatic rings. The summed E-state index contributed by atoms with van der Waals surface area (Å²) in [5.41, 5.74) is 3.48. The predicted molar refractivity (Wildman–Crippen MR) is 61.9 cm³/mol. The van der Waals surface area contributed by atoms with E-state index in [-0.39, 0.29) is 12.1 Å². The van der Waals surface area contributed by atoms with E-state index in [1.807, 2.05) is 0 Å². The van der Waals surface area contributed by atoms with Gasteiger partial charge in [0, 0.05) is 6.04 Å². The van der Waals surface area contributed by atoms with Crippen LogP contribution in [0.3, 0.4) is 0 Å². The molecule has 1 saturated heterocycles. The van der Waals surface area contributed by atoms with Crippen LogP contribution in [-0.4, -0.2) is 17.7 Å². The Morgan fingerprint density at radius 1 is 1.40 bits per heavy atom. The average molecular weight is 205 g/mol. The zero-order valence-electron chi connectivity index (χ0n) is 9.46. The molecular formula is C13H19NO. The van der Waals surface area contributed by atoms with Crippen molar-refractivity contribution in [3.8, 4) is 0 Å². The van der Waals surface area contributed by atoms with Gasteiger partial charge in [-0.1, -0.05) is 23.8 Å². The molecule has 2 unspecified atom stereocenters. The van der Waals surface area contributed by atoms with E-state index in [0.29, 0.717) is 0 Å². The highest BCUT2D eigenvalue weighted by Gasteiger charge is 2.24. The summed E-state index contributed by atoms with van der Waals surface area (Å²) in [5.74, 6) is 0. The van der Waals surface area contributed by atoms with E-state index in [9.17, 15) is 5.11 Å². The molecule has 2 N–H and O–H groups in total. The van der Waals surface area contributed by atoms with E-state index >= 15 is 0 Å². The highest BCUT2D eigenvalue weighted by atomic mass is 16.3.